The van der Waals surface area contributed by atoms with Gasteiger partial charge in [-0.2, -0.15) is 0 Å². The van der Waals surface area contributed by atoms with Crippen LogP contribution in [0.25, 0.3) is 0 Å². The van der Waals surface area contributed by atoms with Gasteiger partial charge in [0.1, 0.15) is 0 Å². The van der Waals surface area contributed by atoms with Gasteiger partial charge in [0.2, 0.25) is 6.79 Å². The van der Waals surface area contributed by atoms with Gasteiger partial charge < -0.3 is 25.2 Å². The van der Waals surface area contributed by atoms with Crippen LogP contribution in [-0.2, 0) is 0 Å². The number of rotatable bonds is 2. The Morgan fingerprint density at radius 1 is 1.45 bits per heavy atom. The van der Waals surface area contributed by atoms with Crippen molar-refractivity contribution in [3.05, 3.63) is 17.7 Å². The van der Waals surface area contributed by atoms with E-state index < -0.39 is 0 Å². The van der Waals surface area contributed by atoms with E-state index in [0.717, 1.165) is 6.42 Å². The summed E-state index contributed by atoms with van der Waals surface area (Å²) in [5.74, 6) is 1.23. The molecular weight excluding hydrogens is 260 g/mol. The molecule has 2 aliphatic rings. The molecule has 0 aliphatic carbocycles. The van der Waals surface area contributed by atoms with Gasteiger partial charge in [0.25, 0.3) is 5.91 Å². The van der Waals surface area contributed by atoms with E-state index in [1.165, 1.54) is 0 Å². The summed E-state index contributed by atoms with van der Waals surface area (Å²) >= 11 is 0. The molecule has 108 valence electrons. The van der Waals surface area contributed by atoms with Crippen molar-refractivity contribution in [3.63, 3.8) is 0 Å². The first kappa shape index (κ1) is 13.1. The number of carbonyl (C=O) groups is 1. The number of nitrogen functional groups attached to an aromatic ring is 1. The molecule has 1 fully saturated rings. The average molecular weight is 278 g/mol. The third-order valence-corrected chi connectivity index (χ3v) is 4.11. The molecule has 3 rings (SSSR count). The maximum atomic E-state index is 12.6. The van der Waals surface area contributed by atoms with Crippen molar-refractivity contribution in [2.75, 3.05) is 25.7 Å². The zero-order valence-corrected chi connectivity index (χ0v) is 11.3. The van der Waals surface area contributed by atoms with Crippen LogP contribution in [0.15, 0.2) is 12.1 Å². The summed E-state index contributed by atoms with van der Waals surface area (Å²) in [7, 11) is 0. The fourth-order valence-corrected chi connectivity index (χ4v) is 2.84. The number of aliphatic hydroxyl groups excluding tert-OH is 1. The summed E-state index contributed by atoms with van der Waals surface area (Å²) in [5, 5.41) is 9.46. The van der Waals surface area contributed by atoms with Gasteiger partial charge in [-0.15, -0.1) is 0 Å². The van der Waals surface area contributed by atoms with Gasteiger partial charge >= 0.3 is 0 Å². The van der Waals surface area contributed by atoms with E-state index in [9.17, 15) is 9.90 Å². The van der Waals surface area contributed by atoms with E-state index in [2.05, 4.69) is 0 Å². The van der Waals surface area contributed by atoms with Crippen LogP contribution in [0, 0.1) is 5.92 Å². The molecular formula is C14H18N2O4. The molecule has 1 aromatic carbocycles. The number of benzene rings is 1. The first-order valence-corrected chi connectivity index (χ1v) is 6.72. The first-order chi connectivity index (χ1) is 9.61. The number of fused-ring (bicyclic) bond motifs is 1. The molecule has 0 radical (unpaired) electrons. The van der Waals surface area contributed by atoms with Crippen molar-refractivity contribution in [1.29, 1.82) is 0 Å². The zero-order valence-electron chi connectivity index (χ0n) is 11.3. The highest BCUT2D eigenvalue weighted by Crippen LogP contribution is 2.37. The number of hydrogen-bond acceptors (Lipinski definition) is 5. The van der Waals surface area contributed by atoms with E-state index in [-0.39, 0.29) is 25.3 Å². The second-order valence-electron chi connectivity index (χ2n) is 5.31. The Morgan fingerprint density at radius 2 is 2.15 bits per heavy atom. The Hall–Kier alpha value is -1.95. The van der Waals surface area contributed by atoms with E-state index in [0.29, 0.717) is 35.2 Å². The number of hydrogen-bond donors (Lipinski definition) is 2. The lowest BCUT2D eigenvalue weighted by atomic mass is 10.0. The Kier molecular flexibility index (Phi) is 3.17. The van der Waals surface area contributed by atoms with Crippen LogP contribution >= 0.6 is 0 Å². The highest BCUT2D eigenvalue weighted by Gasteiger charge is 2.35. The molecule has 3 N–H and O–H groups in total. The minimum atomic E-state index is -0.163. The van der Waals surface area contributed by atoms with Crippen LogP contribution in [0.4, 0.5) is 5.69 Å². The van der Waals surface area contributed by atoms with Crippen molar-refractivity contribution in [3.8, 4) is 11.5 Å². The topological polar surface area (TPSA) is 85.0 Å². The minimum absolute atomic E-state index is 0.0304. The molecule has 2 aliphatic heterocycles. The Labute approximate surface area is 117 Å². The number of carbonyl (C=O) groups excluding carboxylic acids is 1. The fraction of sp³-hybridized carbons (Fsp3) is 0.500. The molecule has 1 aromatic rings. The van der Waals surface area contributed by atoms with E-state index >= 15 is 0 Å². The number of amides is 1. The third kappa shape index (κ3) is 1.96. The van der Waals surface area contributed by atoms with Crippen LogP contribution in [0.3, 0.4) is 0 Å². The summed E-state index contributed by atoms with van der Waals surface area (Å²) in [4.78, 5) is 14.3. The molecule has 0 spiro atoms. The minimum Gasteiger partial charge on any atom is -0.454 e. The van der Waals surface area contributed by atoms with Gasteiger partial charge in [-0.1, -0.05) is 6.92 Å². The lowest BCUT2D eigenvalue weighted by Gasteiger charge is -2.25. The van der Waals surface area contributed by atoms with E-state index in [1.807, 2.05) is 6.92 Å². The quantitative estimate of drug-likeness (QED) is 0.783. The zero-order chi connectivity index (χ0) is 14.3. The molecule has 0 aromatic heterocycles. The Morgan fingerprint density at radius 3 is 2.85 bits per heavy atom. The van der Waals surface area contributed by atoms with Crippen molar-refractivity contribution >= 4 is 11.6 Å². The molecule has 20 heavy (non-hydrogen) atoms. The molecule has 0 saturated carbocycles. The van der Waals surface area contributed by atoms with Crippen LogP contribution in [-0.4, -0.2) is 41.9 Å². The van der Waals surface area contributed by atoms with Gasteiger partial charge in [-0.3, -0.25) is 4.79 Å². The summed E-state index contributed by atoms with van der Waals surface area (Å²) in [6.45, 7) is 2.79. The fourth-order valence-electron chi connectivity index (χ4n) is 2.84. The molecule has 1 saturated heterocycles. The smallest absolute Gasteiger partial charge is 0.256 e. The number of ether oxygens (including phenoxy) is 2. The molecule has 2 unspecified atom stereocenters. The SMILES string of the molecule is CC1CCN(C(=O)c2cc3c(cc2N)OCO3)C1CO. The second kappa shape index (κ2) is 4.86. The molecule has 6 heteroatoms. The Bertz CT molecular complexity index is 546. The van der Waals surface area contributed by atoms with Crippen molar-refractivity contribution < 1.29 is 19.4 Å². The monoisotopic (exact) mass is 278 g/mol. The molecule has 1 amide bonds. The predicted molar refractivity (Wildman–Crippen MR) is 72.7 cm³/mol. The lowest BCUT2D eigenvalue weighted by Crippen LogP contribution is -2.40. The van der Waals surface area contributed by atoms with Crippen LogP contribution < -0.4 is 15.2 Å². The number of nitrogens with zero attached hydrogens (tertiary/aromatic N) is 1. The van der Waals surface area contributed by atoms with Gasteiger partial charge in [0.15, 0.2) is 11.5 Å². The molecule has 2 atom stereocenters. The maximum Gasteiger partial charge on any atom is 0.256 e. The standard InChI is InChI=1S/C14H18N2O4/c1-8-2-3-16(11(8)6-17)14(18)9-4-12-13(5-10(9)15)20-7-19-12/h4-5,8,11,17H,2-3,6-7,15H2,1H3. The average Bonchev–Trinajstić information content (AvgIpc) is 3.02. The lowest BCUT2D eigenvalue weighted by molar-refractivity contribution is 0.0649. The van der Waals surface area contributed by atoms with Gasteiger partial charge in [-0.05, 0) is 18.4 Å². The first-order valence-electron chi connectivity index (χ1n) is 6.72. The predicted octanol–water partition coefficient (Wildman–Crippen LogP) is 0.840. The van der Waals surface area contributed by atoms with Gasteiger partial charge in [0, 0.05) is 18.3 Å². The number of nitrogens with two attached hydrogens (primary N) is 1. The molecule has 0 bridgehead atoms. The number of likely N-dealkylation sites (tertiary alicyclic amines) is 1. The van der Waals surface area contributed by atoms with Crippen LogP contribution in [0.1, 0.15) is 23.7 Å². The van der Waals surface area contributed by atoms with Crippen molar-refractivity contribution in [1.82, 2.24) is 4.90 Å². The van der Waals surface area contributed by atoms with Crippen LogP contribution in [0.2, 0.25) is 0 Å². The summed E-state index contributed by atoms with van der Waals surface area (Å²) in [5.41, 5.74) is 6.71. The second-order valence-corrected chi connectivity index (χ2v) is 5.31. The third-order valence-electron chi connectivity index (χ3n) is 4.11. The Balaban J connectivity index is 1.91. The number of anilines is 1. The van der Waals surface area contributed by atoms with Crippen molar-refractivity contribution in [2.24, 2.45) is 5.92 Å². The van der Waals surface area contributed by atoms with Crippen LogP contribution in [0.5, 0.6) is 11.5 Å². The van der Waals surface area contributed by atoms with Gasteiger partial charge in [0.05, 0.1) is 18.2 Å². The highest BCUT2D eigenvalue weighted by molar-refractivity contribution is 6.00. The largest absolute Gasteiger partial charge is 0.454 e. The van der Waals surface area contributed by atoms with Crippen molar-refractivity contribution in [2.45, 2.75) is 19.4 Å². The summed E-state index contributed by atoms with van der Waals surface area (Å²) in [6, 6.07) is 3.09. The van der Waals surface area contributed by atoms with E-state index in [1.54, 1.807) is 17.0 Å². The molecule has 2 heterocycles. The van der Waals surface area contributed by atoms with Gasteiger partial charge in [-0.25, -0.2) is 0 Å². The maximum absolute atomic E-state index is 12.6. The number of aliphatic hydroxyl groups is 1. The molecule has 6 nitrogen and oxygen atoms in total. The summed E-state index contributed by atoms with van der Waals surface area (Å²) < 4.78 is 10.5. The normalized spacial score (nSPS) is 24.2. The summed E-state index contributed by atoms with van der Waals surface area (Å²) in [6.07, 6.45) is 0.890. The highest BCUT2D eigenvalue weighted by atomic mass is 16.7. The van der Waals surface area contributed by atoms with E-state index in [4.69, 9.17) is 15.2 Å².